The fourth-order valence-electron chi connectivity index (χ4n) is 1.47. The molecule has 0 spiro atoms. The number of nitrogens with zero attached hydrogens (tertiary/aromatic N) is 1. The Morgan fingerprint density at radius 1 is 1.33 bits per heavy atom. The van der Waals surface area contributed by atoms with Crippen molar-refractivity contribution in [2.75, 3.05) is 0 Å². The molecule has 2 aromatic rings. The largest absolute Gasteiger partial charge is 0.335 e. The van der Waals surface area contributed by atoms with Crippen LogP contribution in [0.1, 0.15) is 11.3 Å². The number of imidazole rings is 1. The fraction of sp³-hybridized carbons (Fsp3) is 0.182. The predicted octanol–water partition coefficient (Wildman–Crippen LogP) is 3.66. The van der Waals surface area contributed by atoms with E-state index >= 15 is 0 Å². The van der Waals surface area contributed by atoms with Crippen LogP contribution < -0.4 is 0 Å². The molecule has 0 fully saturated rings. The number of nitrogens with one attached hydrogen (secondary N) is 1. The number of hydrogen-bond donors (Lipinski definition) is 1. The van der Waals surface area contributed by atoms with E-state index in [4.69, 9.17) is 12.2 Å². The molecule has 0 aliphatic rings. The number of aromatic nitrogens is 2. The molecule has 1 aromatic carbocycles. The Hall–Kier alpha value is -0.870. The highest BCUT2D eigenvalue weighted by molar-refractivity contribution is 9.10. The van der Waals surface area contributed by atoms with Gasteiger partial charge in [0.2, 0.25) is 0 Å². The summed E-state index contributed by atoms with van der Waals surface area (Å²) in [6, 6.07) is 8.26. The van der Waals surface area contributed by atoms with Gasteiger partial charge in [0.1, 0.15) is 0 Å². The second-order valence-electron chi connectivity index (χ2n) is 3.50. The summed E-state index contributed by atoms with van der Waals surface area (Å²) in [6.45, 7) is 2.82. The van der Waals surface area contributed by atoms with Gasteiger partial charge in [-0.05, 0) is 36.8 Å². The average molecular weight is 283 g/mol. The molecule has 2 rings (SSSR count). The molecule has 1 heterocycles. The molecule has 78 valence electrons. The van der Waals surface area contributed by atoms with Gasteiger partial charge in [-0.3, -0.25) is 0 Å². The third-order valence-electron chi connectivity index (χ3n) is 2.18. The highest BCUT2D eigenvalue weighted by Gasteiger charge is 1.98. The summed E-state index contributed by atoms with van der Waals surface area (Å²) in [5.41, 5.74) is 2.34. The van der Waals surface area contributed by atoms with Crippen LogP contribution in [0.4, 0.5) is 0 Å². The summed E-state index contributed by atoms with van der Waals surface area (Å²) in [5, 5.41) is 0. The first kappa shape index (κ1) is 10.6. The van der Waals surface area contributed by atoms with E-state index in [2.05, 4.69) is 33.0 Å². The van der Waals surface area contributed by atoms with Gasteiger partial charge >= 0.3 is 0 Å². The van der Waals surface area contributed by atoms with Crippen molar-refractivity contribution in [3.63, 3.8) is 0 Å². The Kier molecular flexibility index (Phi) is 3.07. The minimum Gasteiger partial charge on any atom is -0.335 e. The van der Waals surface area contributed by atoms with Crippen LogP contribution in [0, 0.1) is 11.7 Å². The summed E-state index contributed by atoms with van der Waals surface area (Å²) in [7, 11) is 0. The number of H-pyrrole nitrogens is 1. The SMILES string of the molecule is Cc1cn(Cc2ccc(Br)cc2)c(=S)[nH]1. The maximum Gasteiger partial charge on any atom is 0.177 e. The predicted molar refractivity (Wildman–Crippen MR) is 67.6 cm³/mol. The molecule has 0 saturated heterocycles. The molecule has 0 bridgehead atoms. The molecular weight excluding hydrogens is 272 g/mol. The van der Waals surface area contributed by atoms with Crippen LogP contribution in [0.25, 0.3) is 0 Å². The second-order valence-corrected chi connectivity index (χ2v) is 4.80. The van der Waals surface area contributed by atoms with Gasteiger partial charge in [0, 0.05) is 22.9 Å². The Morgan fingerprint density at radius 2 is 2.00 bits per heavy atom. The van der Waals surface area contributed by atoms with E-state index in [0.29, 0.717) is 0 Å². The zero-order valence-corrected chi connectivity index (χ0v) is 10.7. The van der Waals surface area contributed by atoms with E-state index in [0.717, 1.165) is 21.5 Å². The highest BCUT2D eigenvalue weighted by atomic mass is 79.9. The molecule has 15 heavy (non-hydrogen) atoms. The smallest absolute Gasteiger partial charge is 0.177 e. The van der Waals surface area contributed by atoms with E-state index in [9.17, 15) is 0 Å². The minimum absolute atomic E-state index is 0.774. The summed E-state index contributed by atoms with van der Waals surface area (Å²) in [4.78, 5) is 3.11. The molecule has 0 radical (unpaired) electrons. The highest BCUT2D eigenvalue weighted by Crippen LogP contribution is 2.12. The molecule has 0 aliphatic heterocycles. The normalized spacial score (nSPS) is 10.5. The first-order valence-corrected chi connectivity index (χ1v) is 5.86. The van der Waals surface area contributed by atoms with Crippen molar-refractivity contribution in [3.8, 4) is 0 Å². The van der Waals surface area contributed by atoms with Gasteiger partial charge in [0.25, 0.3) is 0 Å². The van der Waals surface area contributed by atoms with E-state index < -0.39 is 0 Å². The molecule has 2 nitrogen and oxygen atoms in total. The molecule has 0 amide bonds. The van der Waals surface area contributed by atoms with Gasteiger partial charge in [-0.1, -0.05) is 28.1 Å². The fourth-order valence-corrected chi connectivity index (χ4v) is 2.01. The van der Waals surface area contributed by atoms with Crippen LogP contribution in [0.3, 0.4) is 0 Å². The van der Waals surface area contributed by atoms with Gasteiger partial charge in [0.05, 0.1) is 0 Å². The molecule has 0 aliphatic carbocycles. The first-order chi connectivity index (χ1) is 7.15. The molecule has 0 atom stereocenters. The number of halogens is 1. The van der Waals surface area contributed by atoms with Crippen molar-refractivity contribution in [1.82, 2.24) is 9.55 Å². The van der Waals surface area contributed by atoms with Crippen LogP contribution in [-0.4, -0.2) is 9.55 Å². The summed E-state index contributed by atoms with van der Waals surface area (Å²) >= 11 is 8.61. The third kappa shape index (κ3) is 2.58. The van der Waals surface area contributed by atoms with Gasteiger partial charge < -0.3 is 9.55 Å². The Bertz CT molecular complexity index is 510. The molecule has 0 unspecified atom stereocenters. The average Bonchev–Trinajstić information content (AvgIpc) is 2.49. The van der Waals surface area contributed by atoms with Crippen molar-refractivity contribution in [3.05, 3.63) is 51.0 Å². The van der Waals surface area contributed by atoms with Gasteiger partial charge in [-0.15, -0.1) is 0 Å². The monoisotopic (exact) mass is 282 g/mol. The summed E-state index contributed by atoms with van der Waals surface area (Å²) < 4.78 is 3.91. The lowest BCUT2D eigenvalue weighted by molar-refractivity contribution is 0.784. The maximum atomic E-state index is 5.20. The zero-order valence-electron chi connectivity index (χ0n) is 8.33. The van der Waals surface area contributed by atoms with E-state index in [-0.39, 0.29) is 0 Å². The van der Waals surface area contributed by atoms with Crippen molar-refractivity contribution < 1.29 is 0 Å². The van der Waals surface area contributed by atoms with Crippen molar-refractivity contribution in [2.45, 2.75) is 13.5 Å². The van der Waals surface area contributed by atoms with E-state index in [1.165, 1.54) is 5.56 Å². The maximum absolute atomic E-state index is 5.20. The lowest BCUT2D eigenvalue weighted by Gasteiger charge is -2.02. The molecule has 0 saturated carbocycles. The Labute approximate surface area is 102 Å². The van der Waals surface area contributed by atoms with Crippen LogP contribution in [0.15, 0.2) is 34.9 Å². The van der Waals surface area contributed by atoms with Crippen LogP contribution in [0.2, 0.25) is 0 Å². The lowest BCUT2D eigenvalue weighted by Crippen LogP contribution is -1.97. The number of hydrogen-bond acceptors (Lipinski definition) is 1. The lowest BCUT2D eigenvalue weighted by atomic mass is 10.2. The Balaban J connectivity index is 2.25. The quantitative estimate of drug-likeness (QED) is 0.834. The van der Waals surface area contributed by atoms with Gasteiger partial charge in [-0.25, -0.2) is 0 Å². The zero-order chi connectivity index (χ0) is 10.8. The molecule has 4 heteroatoms. The standard InChI is InChI=1S/C11H11BrN2S/c1-8-6-14(11(15)13-8)7-9-2-4-10(12)5-3-9/h2-6H,7H2,1H3,(H,13,15). The van der Waals surface area contributed by atoms with Gasteiger partial charge in [-0.2, -0.15) is 0 Å². The van der Waals surface area contributed by atoms with Crippen LogP contribution in [0.5, 0.6) is 0 Å². The summed E-state index contributed by atoms with van der Waals surface area (Å²) in [5.74, 6) is 0. The van der Waals surface area contributed by atoms with Crippen LogP contribution in [-0.2, 0) is 6.54 Å². The van der Waals surface area contributed by atoms with E-state index in [1.54, 1.807) is 0 Å². The minimum atomic E-state index is 0.774. The second kappa shape index (κ2) is 4.33. The third-order valence-corrected chi connectivity index (χ3v) is 3.05. The number of aromatic amines is 1. The molecule has 1 N–H and O–H groups in total. The van der Waals surface area contributed by atoms with E-state index in [1.807, 2.05) is 29.8 Å². The first-order valence-electron chi connectivity index (χ1n) is 4.65. The van der Waals surface area contributed by atoms with Crippen molar-refractivity contribution >= 4 is 28.1 Å². The van der Waals surface area contributed by atoms with Gasteiger partial charge in [0.15, 0.2) is 4.77 Å². The Morgan fingerprint density at radius 3 is 2.53 bits per heavy atom. The number of aryl methyl sites for hydroxylation is 1. The molecule has 1 aromatic heterocycles. The van der Waals surface area contributed by atoms with Crippen molar-refractivity contribution in [2.24, 2.45) is 0 Å². The van der Waals surface area contributed by atoms with Crippen LogP contribution >= 0.6 is 28.1 Å². The topological polar surface area (TPSA) is 20.7 Å². The number of rotatable bonds is 2. The molecular formula is C11H11BrN2S. The summed E-state index contributed by atoms with van der Waals surface area (Å²) in [6.07, 6.45) is 2.03. The number of benzene rings is 1. The van der Waals surface area contributed by atoms with Crippen molar-refractivity contribution in [1.29, 1.82) is 0 Å².